The van der Waals surface area contributed by atoms with E-state index in [4.69, 9.17) is 5.73 Å². The van der Waals surface area contributed by atoms with Crippen molar-refractivity contribution in [2.45, 2.75) is 19.9 Å². The fourth-order valence-corrected chi connectivity index (χ4v) is 1.99. The zero-order valence-corrected chi connectivity index (χ0v) is 9.81. The highest BCUT2D eigenvalue weighted by molar-refractivity contribution is 6.13. The Morgan fingerprint density at radius 3 is 2.35 bits per heavy atom. The molecule has 1 aliphatic heterocycles. The average Bonchev–Trinajstić information content (AvgIpc) is 2.56. The van der Waals surface area contributed by atoms with Gasteiger partial charge in [0.25, 0.3) is 5.91 Å². The van der Waals surface area contributed by atoms with Gasteiger partial charge in [-0.3, -0.25) is 9.59 Å². The first kappa shape index (κ1) is 11.4. The highest BCUT2D eigenvalue weighted by atomic mass is 16.2. The summed E-state index contributed by atoms with van der Waals surface area (Å²) >= 11 is 0. The molecule has 4 nitrogen and oxygen atoms in total. The number of benzene rings is 1. The monoisotopic (exact) mass is 230 g/mol. The number of carbonyl (C=O) groups is 2. The summed E-state index contributed by atoms with van der Waals surface area (Å²) in [5, 5.41) is 0. The van der Waals surface area contributed by atoms with Crippen molar-refractivity contribution in [3.8, 4) is 0 Å². The SMILES string of the molecule is Cc1ccc(N2C(=O)C=C(C(N)=O)C2C)cc1. The van der Waals surface area contributed by atoms with Gasteiger partial charge in [0, 0.05) is 17.3 Å². The van der Waals surface area contributed by atoms with E-state index in [0.29, 0.717) is 5.57 Å². The molecule has 0 aromatic heterocycles. The van der Waals surface area contributed by atoms with Gasteiger partial charge < -0.3 is 10.6 Å². The van der Waals surface area contributed by atoms with Crippen LogP contribution in [0, 0.1) is 6.92 Å². The van der Waals surface area contributed by atoms with E-state index in [0.717, 1.165) is 11.3 Å². The second-order valence-electron chi connectivity index (χ2n) is 4.18. The molecule has 2 rings (SSSR count). The minimum absolute atomic E-state index is 0.199. The number of nitrogens with zero attached hydrogens (tertiary/aromatic N) is 1. The molecular weight excluding hydrogens is 216 g/mol. The number of hydrogen-bond acceptors (Lipinski definition) is 2. The van der Waals surface area contributed by atoms with Crippen LogP contribution in [0.3, 0.4) is 0 Å². The van der Waals surface area contributed by atoms with Crippen LogP contribution in [-0.2, 0) is 9.59 Å². The predicted molar refractivity (Wildman–Crippen MR) is 65.4 cm³/mol. The van der Waals surface area contributed by atoms with Crippen molar-refractivity contribution in [3.05, 3.63) is 41.5 Å². The molecule has 0 bridgehead atoms. The van der Waals surface area contributed by atoms with Gasteiger partial charge in [-0.05, 0) is 26.0 Å². The van der Waals surface area contributed by atoms with Crippen LogP contribution in [0.5, 0.6) is 0 Å². The van der Waals surface area contributed by atoms with Gasteiger partial charge >= 0.3 is 0 Å². The molecule has 4 heteroatoms. The highest BCUT2D eigenvalue weighted by Crippen LogP contribution is 2.26. The van der Waals surface area contributed by atoms with Crippen molar-refractivity contribution in [2.75, 3.05) is 4.90 Å². The Kier molecular flexibility index (Phi) is 2.71. The predicted octanol–water partition coefficient (Wildman–Crippen LogP) is 1.14. The number of rotatable bonds is 2. The molecule has 1 atom stereocenters. The molecule has 1 unspecified atom stereocenters. The second-order valence-corrected chi connectivity index (χ2v) is 4.18. The minimum Gasteiger partial charge on any atom is -0.366 e. The molecule has 1 aromatic carbocycles. The van der Waals surface area contributed by atoms with Crippen LogP contribution in [0.1, 0.15) is 12.5 Å². The second kappa shape index (κ2) is 4.05. The van der Waals surface area contributed by atoms with Gasteiger partial charge in [0.05, 0.1) is 6.04 Å². The molecule has 0 saturated heterocycles. The van der Waals surface area contributed by atoms with E-state index in [1.54, 1.807) is 11.8 Å². The third-order valence-electron chi connectivity index (χ3n) is 2.95. The molecule has 2 N–H and O–H groups in total. The number of anilines is 1. The Morgan fingerprint density at radius 1 is 1.29 bits per heavy atom. The summed E-state index contributed by atoms with van der Waals surface area (Å²) < 4.78 is 0. The maximum atomic E-state index is 11.8. The maximum absolute atomic E-state index is 11.8. The molecule has 0 radical (unpaired) electrons. The molecular formula is C13H14N2O2. The van der Waals surface area contributed by atoms with Crippen molar-refractivity contribution < 1.29 is 9.59 Å². The largest absolute Gasteiger partial charge is 0.366 e. The molecule has 2 amide bonds. The lowest BCUT2D eigenvalue weighted by Crippen LogP contribution is -2.35. The van der Waals surface area contributed by atoms with Gasteiger partial charge in [0.1, 0.15) is 0 Å². The molecule has 1 aliphatic rings. The highest BCUT2D eigenvalue weighted by Gasteiger charge is 2.32. The number of aryl methyl sites for hydroxylation is 1. The summed E-state index contributed by atoms with van der Waals surface area (Å²) in [7, 11) is 0. The van der Waals surface area contributed by atoms with Gasteiger partial charge in [-0.2, -0.15) is 0 Å². The first-order chi connectivity index (χ1) is 8.00. The summed E-state index contributed by atoms with van der Waals surface area (Å²) in [4.78, 5) is 24.6. The summed E-state index contributed by atoms with van der Waals surface area (Å²) in [5.74, 6) is -0.740. The Labute approximate surface area is 99.7 Å². The third kappa shape index (κ3) is 1.93. The summed E-state index contributed by atoms with van der Waals surface area (Å²) in [6, 6.07) is 7.28. The molecule has 0 spiro atoms. The Balaban J connectivity index is 2.34. The number of primary amides is 1. The van der Waals surface area contributed by atoms with Crippen molar-refractivity contribution in [2.24, 2.45) is 5.73 Å². The number of nitrogens with two attached hydrogens (primary N) is 1. The third-order valence-corrected chi connectivity index (χ3v) is 2.95. The van der Waals surface area contributed by atoms with E-state index in [1.807, 2.05) is 31.2 Å². The van der Waals surface area contributed by atoms with E-state index in [2.05, 4.69) is 0 Å². The van der Waals surface area contributed by atoms with Crippen LogP contribution in [0.4, 0.5) is 5.69 Å². The zero-order valence-electron chi connectivity index (χ0n) is 9.81. The van der Waals surface area contributed by atoms with Crippen molar-refractivity contribution in [1.82, 2.24) is 0 Å². The molecule has 0 saturated carbocycles. The van der Waals surface area contributed by atoms with E-state index in [-0.39, 0.29) is 11.9 Å². The maximum Gasteiger partial charge on any atom is 0.252 e. The van der Waals surface area contributed by atoms with E-state index >= 15 is 0 Å². The Bertz CT molecular complexity index is 503. The Hall–Kier alpha value is -2.10. The van der Waals surface area contributed by atoms with Crippen LogP contribution in [0.25, 0.3) is 0 Å². The quantitative estimate of drug-likeness (QED) is 0.828. The van der Waals surface area contributed by atoms with Crippen LogP contribution in [-0.4, -0.2) is 17.9 Å². The van der Waals surface area contributed by atoms with Gasteiger partial charge in [0.2, 0.25) is 5.91 Å². The fourth-order valence-electron chi connectivity index (χ4n) is 1.99. The summed E-state index contributed by atoms with van der Waals surface area (Å²) in [5.41, 5.74) is 7.49. The van der Waals surface area contributed by atoms with Crippen LogP contribution in [0.15, 0.2) is 35.9 Å². The minimum atomic E-state index is -0.541. The lowest BCUT2D eigenvalue weighted by atomic mass is 10.1. The van der Waals surface area contributed by atoms with Crippen LogP contribution >= 0.6 is 0 Å². The molecule has 1 heterocycles. The lowest BCUT2D eigenvalue weighted by molar-refractivity contribution is -0.115. The molecule has 88 valence electrons. The van der Waals surface area contributed by atoms with E-state index < -0.39 is 5.91 Å². The van der Waals surface area contributed by atoms with Gasteiger partial charge in [0.15, 0.2) is 0 Å². The topological polar surface area (TPSA) is 63.4 Å². The van der Waals surface area contributed by atoms with Crippen molar-refractivity contribution in [1.29, 1.82) is 0 Å². The standard InChI is InChI=1S/C13H14N2O2/c1-8-3-5-10(6-4-8)15-9(2)11(13(14)17)7-12(15)16/h3-7,9H,1-2H3,(H2,14,17). The van der Waals surface area contributed by atoms with E-state index in [9.17, 15) is 9.59 Å². The van der Waals surface area contributed by atoms with Crippen molar-refractivity contribution >= 4 is 17.5 Å². The molecule has 17 heavy (non-hydrogen) atoms. The van der Waals surface area contributed by atoms with E-state index in [1.165, 1.54) is 6.08 Å². The number of carbonyl (C=O) groups excluding carboxylic acids is 2. The molecule has 0 aliphatic carbocycles. The number of hydrogen-bond donors (Lipinski definition) is 1. The first-order valence-electron chi connectivity index (χ1n) is 5.42. The van der Waals surface area contributed by atoms with Gasteiger partial charge in [-0.15, -0.1) is 0 Å². The summed E-state index contributed by atoms with van der Waals surface area (Å²) in [6.07, 6.45) is 1.31. The zero-order chi connectivity index (χ0) is 12.6. The number of amides is 2. The molecule has 0 fully saturated rings. The van der Waals surface area contributed by atoms with Crippen LogP contribution < -0.4 is 10.6 Å². The van der Waals surface area contributed by atoms with Gasteiger partial charge in [-0.1, -0.05) is 17.7 Å². The summed E-state index contributed by atoms with van der Waals surface area (Å²) in [6.45, 7) is 3.77. The Morgan fingerprint density at radius 2 is 1.88 bits per heavy atom. The smallest absolute Gasteiger partial charge is 0.252 e. The first-order valence-corrected chi connectivity index (χ1v) is 5.42. The van der Waals surface area contributed by atoms with Gasteiger partial charge in [-0.25, -0.2) is 0 Å². The van der Waals surface area contributed by atoms with Crippen molar-refractivity contribution in [3.63, 3.8) is 0 Å². The molecule has 1 aromatic rings. The normalized spacial score (nSPS) is 19.4. The fraction of sp³-hybridized carbons (Fsp3) is 0.231. The average molecular weight is 230 g/mol. The lowest BCUT2D eigenvalue weighted by Gasteiger charge is -2.23. The van der Waals surface area contributed by atoms with Crippen LogP contribution in [0.2, 0.25) is 0 Å².